The largest absolute Gasteiger partial charge is 0.253 e. The number of fused-ring (bicyclic) bond motifs is 4. The molecular formula is C39H29N. The van der Waals surface area contributed by atoms with E-state index in [4.69, 9.17) is 4.99 Å². The molecule has 3 aliphatic carbocycles. The van der Waals surface area contributed by atoms with E-state index in [1.165, 1.54) is 72.0 Å². The van der Waals surface area contributed by atoms with Crippen molar-refractivity contribution in [3.05, 3.63) is 138 Å². The molecule has 0 amide bonds. The topological polar surface area (TPSA) is 12.4 Å². The van der Waals surface area contributed by atoms with Gasteiger partial charge in [0.05, 0.1) is 5.70 Å². The summed E-state index contributed by atoms with van der Waals surface area (Å²) in [6.07, 6.45) is 12.1. The number of nitrogens with zero attached hydrogens (tertiary/aromatic N) is 1. The van der Waals surface area contributed by atoms with Gasteiger partial charge in [-0.05, 0) is 104 Å². The van der Waals surface area contributed by atoms with Crippen LogP contribution < -0.4 is 0 Å². The Morgan fingerprint density at radius 1 is 0.575 bits per heavy atom. The molecule has 0 aliphatic heterocycles. The minimum Gasteiger partial charge on any atom is -0.253 e. The van der Waals surface area contributed by atoms with Gasteiger partial charge in [0.2, 0.25) is 0 Å². The van der Waals surface area contributed by atoms with Crippen LogP contribution in [0.3, 0.4) is 0 Å². The maximum Gasteiger partial charge on any atom is 0.0619 e. The molecule has 190 valence electrons. The van der Waals surface area contributed by atoms with Crippen LogP contribution in [0, 0.1) is 0 Å². The van der Waals surface area contributed by atoms with Crippen LogP contribution in [0.4, 0.5) is 0 Å². The van der Waals surface area contributed by atoms with Crippen molar-refractivity contribution in [2.75, 3.05) is 0 Å². The molecule has 5 aromatic carbocycles. The molecule has 0 heterocycles. The van der Waals surface area contributed by atoms with Gasteiger partial charge in [0.25, 0.3) is 0 Å². The van der Waals surface area contributed by atoms with Gasteiger partial charge in [-0.25, -0.2) is 0 Å². The van der Waals surface area contributed by atoms with Gasteiger partial charge in [0.1, 0.15) is 0 Å². The fourth-order valence-corrected chi connectivity index (χ4v) is 6.58. The summed E-state index contributed by atoms with van der Waals surface area (Å²) >= 11 is 0. The summed E-state index contributed by atoms with van der Waals surface area (Å²) in [5.74, 6) is 0. The van der Waals surface area contributed by atoms with Gasteiger partial charge < -0.3 is 0 Å². The highest BCUT2D eigenvalue weighted by molar-refractivity contribution is 6.18. The van der Waals surface area contributed by atoms with Crippen LogP contribution in [0.2, 0.25) is 0 Å². The molecular weight excluding hydrogens is 482 g/mol. The van der Waals surface area contributed by atoms with Gasteiger partial charge in [-0.15, -0.1) is 0 Å². The first-order valence-electron chi connectivity index (χ1n) is 14.3. The molecule has 0 spiro atoms. The molecule has 0 atom stereocenters. The first-order chi connectivity index (χ1) is 19.7. The molecule has 1 heteroatoms. The Balaban J connectivity index is 1.10. The Morgan fingerprint density at radius 3 is 2.10 bits per heavy atom. The van der Waals surface area contributed by atoms with Crippen LogP contribution in [-0.2, 0) is 6.42 Å². The number of aliphatic imine (C=N–C) groups is 1. The number of benzene rings is 5. The van der Waals surface area contributed by atoms with Crippen molar-refractivity contribution in [2.45, 2.75) is 26.2 Å². The maximum absolute atomic E-state index is 4.96. The summed E-state index contributed by atoms with van der Waals surface area (Å²) in [5.41, 5.74) is 16.6. The minimum absolute atomic E-state index is 0.880. The summed E-state index contributed by atoms with van der Waals surface area (Å²) in [6.45, 7) is 2.16. The molecule has 0 radical (unpaired) electrons. The summed E-state index contributed by atoms with van der Waals surface area (Å²) in [6, 6.07) is 36.0. The van der Waals surface area contributed by atoms with Crippen molar-refractivity contribution < 1.29 is 0 Å². The summed E-state index contributed by atoms with van der Waals surface area (Å²) < 4.78 is 0. The average Bonchev–Trinajstić information content (AvgIpc) is 3.34. The maximum atomic E-state index is 4.96. The Labute approximate surface area is 235 Å². The molecule has 0 unspecified atom stereocenters. The zero-order valence-electron chi connectivity index (χ0n) is 22.6. The molecule has 40 heavy (non-hydrogen) atoms. The second-order valence-corrected chi connectivity index (χ2v) is 11.1. The molecule has 0 aromatic heterocycles. The Bertz CT molecular complexity index is 1930. The van der Waals surface area contributed by atoms with Crippen molar-refractivity contribution in [3.8, 4) is 44.5 Å². The summed E-state index contributed by atoms with van der Waals surface area (Å²) in [4.78, 5) is 4.96. The zero-order chi connectivity index (χ0) is 26.6. The van der Waals surface area contributed by atoms with E-state index in [-0.39, 0.29) is 0 Å². The first-order valence-corrected chi connectivity index (χ1v) is 14.3. The molecule has 0 bridgehead atoms. The number of hydrogen-bond donors (Lipinski definition) is 0. The van der Waals surface area contributed by atoms with Crippen molar-refractivity contribution in [3.63, 3.8) is 0 Å². The van der Waals surface area contributed by atoms with Crippen molar-refractivity contribution >= 4 is 22.6 Å². The number of allylic oxidation sites excluding steroid dienone is 4. The van der Waals surface area contributed by atoms with Gasteiger partial charge in [-0.2, -0.15) is 0 Å². The normalized spacial score (nSPS) is 16.1. The lowest BCUT2D eigenvalue weighted by Gasteiger charge is -2.16. The van der Waals surface area contributed by atoms with Crippen molar-refractivity contribution in [2.24, 2.45) is 4.99 Å². The Hall–Kier alpha value is -4.75. The molecule has 0 saturated carbocycles. The van der Waals surface area contributed by atoms with Crippen LogP contribution in [0.1, 0.15) is 30.9 Å². The lowest BCUT2D eigenvalue weighted by Crippen LogP contribution is -2.07. The molecule has 5 aromatic rings. The van der Waals surface area contributed by atoms with Gasteiger partial charge in [-0.3, -0.25) is 4.99 Å². The molecule has 8 rings (SSSR count). The lowest BCUT2D eigenvalue weighted by molar-refractivity contribution is 0.981. The number of rotatable bonds is 3. The standard InChI is InChI=1S/C39H29N/c1-25-7-2-5-12-38(25)40-31-20-19-29-23-28(17-18-30(29)24-31)26-13-15-27(16-14-26)32-21-22-37-34-9-4-3-8-33(34)36-11-6-10-35(32)39(36)37/h3-4,6-23H,2,5,24H2,1H3. The van der Waals surface area contributed by atoms with E-state index >= 15 is 0 Å². The minimum atomic E-state index is 0.880. The second kappa shape index (κ2) is 9.17. The predicted octanol–water partition coefficient (Wildman–Crippen LogP) is 10.5. The van der Waals surface area contributed by atoms with E-state index in [9.17, 15) is 0 Å². The number of hydrogen-bond acceptors (Lipinski definition) is 1. The molecule has 0 fully saturated rings. The third-order valence-corrected chi connectivity index (χ3v) is 8.67. The van der Waals surface area contributed by atoms with E-state index < -0.39 is 0 Å². The predicted molar refractivity (Wildman–Crippen MR) is 170 cm³/mol. The van der Waals surface area contributed by atoms with E-state index in [0.29, 0.717) is 0 Å². The quantitative estimate of drug-likeness (QED) is 0.224. The SMILES string of the molecule is CC1=CCCC=C1N=C1C=Cc2cc(-c3ccc(-c4ccc5c6c(cccc46)-c4ccccc4-5)cc3)ccc2C1. The molecule has 3 aliphatic rings. The summed E-state index contributed by atoms with van der Waals surface area (Å²) in [5, 5.41) is 2.70. The zero-order valence-corrected chi connectivity index (χ0v) is 22.6. The van der Waals surface area contributed by atoms with E-state index in [0.717, 1.165) is 30.7 Å². The van der Waals surface area contributed by atoms with Crippen LogP contribution in [0.15, 0.2) is 132 Å². The monoisotopic (exact) mass is 511 g/mol. The third kappa shape index (κ3) is 3.73. The average molecular weight is 512 g/mol. The van der Waals surface area contributed by atoms with Gasteiger partial charge in [-0.1, -0.05) is 109 Å². The lowest BCUT2D eigenvalue weighted by atomic mass is 9.91. The molecule has 0 N–H and O–H groups in total. The fraction of sp³-hybridized carbons (Fsp3) is 0.103. The van der Waals surface area contributed by atoms with Gasteiger partial charge in [0.15, 0.2) is 0 Å². The van der Waals surface area contributed by atoms with E-state index in [2.05, 4.69) is 128 Å². The van der Waals surface area contributed by atoms with Gasteiger partial charge in [0, 0.05) is 12.1 Å². The highest BCUT2D eigenvalue weighted by Crippen LogP contribution is 2.49. The molecule has 1 nitrogen and oxygen atoms in total. The Kier molecular flexibility index (Phi) is 5.31. The second-order valence-electron chi connectivity index (χ2n) is 11.1. The van der Waals surface area contributed by atoms with Crippen LogP contribution in [0.5, 0.6) is 0 Å². The first kappa shape index (κ1) is 23.2. The van der Waals surface area contributed by atoms with Crippen molar-refractivity contribution in [1.29, 1.82) is 0 Å². The van der Waals surface area contributed by atoms with Crippen LogP contribution in [-0.4, -0.2) is 5.71 Å². The van der Waals surface area contributed by atoms with Crippen LogP contribution >= 0.6 is 0 Å². The van der Waals surface area contributed by atoms with Gasteiger partial charge >= 0.3 is 0 Å². The highest BCUT2D eigenvalue weighted by atomic mass is 14.8. The van der Waals surface area contributed by atoms with Crippen LogP contribution in [0.25, 0.3) is 61.4 Å². The van der Waals surface area contributed by atoms with Crippen molar-refractivity contribution in [1.82, 2.24) is 0 Å². The van der Waals surface area contributed by atoms with E-state index in [1.807, 2.05) is 0 Å². The Morgan fingerprint density at radius 2 is 1.27 bits per heavy atom. The third-order valence-electron chi connectivity index (χ3n) is 8.67. The smallest absolute Gasteiger partial charge is 0.0619 e. The van der Waals surface area contributed by atoms with E-state index in [1.54, 1.807) is 0 Å². The molecule has 0 saturated heterocycles. The fourth-order valence-electron chi connectivity index (χ4n) is 6.58. The summed E-state index contributed by atoms with van der Waals surface area (Å²) in [7, 11) is 0. The highest BCUT2D eigenvalue weighted by Gasteiger charge is 2.22.